The van der Waals surface area contributed by atoms with E-state index in [2.05, 4.69) is 0 Å². The van der Waals surface area contributed by atoms with E-state index in [9.17, 15) is 24.3 Å². The van der Waals surface area contributed by atoms with Crippen LogP contribution in [0.1, 0.15) is 58.8 Å². The number of cyclic esters (lactones) is 1. The van der Waals surface area contributed by atoms with Crippen LogP contribution < -0.4 is 0 Å². The predicted octanol–water partition coefficient (Wildman–Crippen LogP) is 3.07. The number of thioether (sulfide) groups is 2. The predicted molar refractivity (Wildman–Crippen MR) is 98.8 cm³/mol. The summed E-state index contributed by atoms with van der Waals surface area (Å²) in [6.07, 6.45) is 3.67. The molecule has 6 nitrogen and oxygen atoms in total. The Bertz CT molecular complexity index is 507. The number of unbranched alkanes of at least 4 members (excludes halogenated alkanes) is 2. The number of hydrogen-bond acceptors (Lipinski definition) is 7. The van der Waals surface area contributed by atoms with Crippen LogP contribution in [0.4, 0.5) is 0 Å². The highest BCUT2D eigenvalue weighted by Crippen LogP contribution is 2.38. The van der Waals surface area contributed by atoms with Crippen molar-refractivity contribution in [1.82, 2.24) is 0 Å². The molecule has 0 bridgehead atoms. The molecule has 0 aromatic carbocycles. The van der Waals surface area contributed by atoms with Gasteiger partial charge in [0.25, 0.3) is 4.93 Å². The first-order valence-corrected chi connectivity index (χ1v) is 10.7. The molecule has 1 rings (SSSR count). The molecule has 1 N–H and O–H groups in total. The zero-order valence-electron chi connectivity index (χ0n) is 14.7. The highest BCUT2D eigenvalue weighted by Gasteiger charge is 2.54. The lowest BCUT2D eigenvalue weighted by atomic mass is 10.0. The molecule has 1 aliphatic heterocycles. The Hall–Kier alpha value is -1.02. The van der Waals surface area contributed by atoms with Crippen molar-refractivity contribution in [3.8, 4) is 0 Å². The van der Waals surface area contributed by atoms with Crippen molar-refractivity contribution in [3.63, 3.8) is 0 Å². The maximum absolute atomic E-state index is 13.0. The fraction of sp³-hybridized carbons (Fsp3) is 0.765. The van der Waals surface area contributed by atoms with Crippen molar-refractivity contribution in [1.29, 1.82) is 0 Å². The van der Waals surface area contributed by atoms with E-state index < -0.39 is 33.7 Å². The molecule has 1 fully saturated rings. The third kappa shape index (κ3) is 6.02. The second-order valence-corrected chi connectivity index (χ2v) is 8.36. The van der Waals surface area contributed by atoms with Gasteiger partial charge in [-0.15, -0.1) is 11.8 Å². The van der Waals surface area contributed by atoms with Crippen LogP contribution in [0.25, 0.3) is 0 Å². The van der Waals surface area contributed by atoms with Gasteiger partial charge >= 0.3 is 11.9 Å². The molecule has 25 heavy (non-hydrogen) atoms. The summed E-state index contributed by atoms with van der Waals surface area (Å²) in [5.74, 6) is -2.28. The number of Topliss-reactive ketones (excluding diaryl/α,β-unsaturated/α-hetero) is 2. The Morgan fingerprint density at radius 2 is 1.80 bits per heavy atom. The molecule has 0 spiro atoms. The molecule has 142 valence electrons. The Morgan fingerprint density at radius 3 is 2.40 bits per heavy atom. The molecule has 0 radical (unpaired) electrons. The van der Waals surface area contributed by atoms with Gasteiger partial charge in [-0.2, -0.15) is 0 Å². The van der Waals surface area contributed by atoms with Crippen LogP contribution in [0.5, 0.6) is 0 Å². The summed E-state index contributed by atoms with van der Waals surface area (Å²) in [6, 6.07) is 0. The summed E-state index contributed by atoms with van der Waals surface area (Å²) in [7, 11) is 0. The van der Waals surface area contributed by atoms with Crippen LogP contribution in [0.15, 0.2) is 0 Å². The summed E-state index contributed by atoms with van der Waals surface area (Å²) in [6.45, 7) is 3.94. The van der Waals surface area contributed by atoms with Crippen molar-refractivity contribution >= 4 is 47.0 Å². The molecule has 0 aliphatic carbocycles. The van der Waals surface area contributed by atoms with E-state index in [1.807, 2.05) is 13.8 Å². The minimum absolute atomic E-state index is 0.0442. The van der Waals surface area contributed by atoms with Crippen LogP contribution in [0.3, 0.4) is 0 Å². The lowest BCUT2D eigenvalue weighted by Crippen LogP contribution is -2.52. The third-order valence-corrected chi connectivity index (χ3v) is 6.47. The summed E-state index contributed by atoms with van der Waals surface area (Å²) in [5.41, 5.74) is 0. The zero-order valence-corrected chi connectivity index (χ0v) is 16.4. The fourth-order valence-electron chi connectivity index (χ4n) is 2.33. The van der Waals surface area contributed by atoms with E-state index in [1.54, 1.807) is 0 Å². The molecular weight excluding hydrogens is 364 g/mol. The van der Waals surface area contributed by atoms with Gasteiger partial charge in [-0.25, -0.2) is 0 Å². The largest absolute Gasteiger partial charge is 0.480 e. The first kappa shape index (κ1) is 22.0. The molecule has 1 saturated heterocycles. The number of rotatable bonds is 11. The summed E-state index contributed by atoms with van der Waals surface area (Å²) in [5, 5.41) is 8.07. The van der Waals surface area contributed by atoms with Gasteiger partial charge in [-0.1, -0.05) is 38.5 Å². The number of ether oxygens (including phenoxy) is 1. The van der Waals surface area contributed by atoms with E-state index in [0.29, 0.717) is 17.9 Å². The molecule has 8 heteroatoms. The lowest BCUT2D eigenvalue weighted by Gasteiger charge is -2.30. The van der Waals surface area contributed by atoms with Crippen molar-refractivity contribution in [2.45, 2.75) is 69.0 Å². The Labute approximate surface area is 156 Å². The normalized spacial score (nSPS) is 22.2. The number of carboxylic acids is 1. The van der Waals surface area contributed by atoms with Gasteiger partial charge in [0.1, 0.15) is 0 Å². The molecule has 1 aliphatic rings. The van der Waals surface area contributed by atoms with E-state index in [1.165, 1.54) is 0 Å². The molecule has 1 heterocycles. The second kappa shape index (κ2) is 10.9. The lowest BCUT2D eigenvalue weighted by molar-refractivity contribution is -0.162. The highest BCUT2D eigenvalue weighted by molar-refractivity contribution is 8.03. The standard InChI is InChI=1S/C17H26O6S2/c1-3-5-10-24-14(16(21)22)15(20)17(25-11-6-4-2)12(18)8-7-9-13(19)23-17/h14H,3-11H2,1-2H3,(H,21,22). The minimum Gasteiger partial charge on any atom is -0.480 e. The van der Waals surface area contributed by atoms with E-state index >= 15 is 0 Å². The van der Waals surface area contributed by atoms with Gasteiger partial charge in [0, 0.05) is 12.8 Å². The van der Waals surface area contributed by atoms with E-state index in [0.717, 1.165) is 49.2 Å². The van der Waals surface area contributed by atoms with Crippen molar-refractivity contribution < 1.29 is 29.0 Å². The van der Waals surface area contributed by atoms with E-state index in [4.69, 9.17) is 4.74 Å². The summed E-state index contributed by atoms with van der Waals surface area (Å²) in [4.78, 5) is 47.2. The molecule has 0 saturated carbocycles. The van der Waals surface area contributed by atoms with Crippen LogP contribution in [-0.4, -0.2) is 50.3 Å². The number of carboxylic acid groups (broad SMARTS) is 1. The van der Waals surface area contributed by atoms with Gasteiger partial charge in [0.2, 0.25) is 5.78 Å². The molecule has 2 unspecified atom stereocenters. The fourth-order valence-corrected chi connectivity index (χ4v) is 4.95. The van der Waals surface area contributed by atoms with Gasteiger partial charge in [0.05, 0.1) is 0 Å². The first-order chi connectivity index (χ1) is 11.9. The Balaban J connectivity index is 3.13. The zero-order chi connectivity index (χ0) is 18.9. The Kier molecular flexibility index (Phi) is 9.56. The van der Waals surface area contributed by atoms with Crippen LogP contribution in [0, 0.1) is 0 Å². The van der Waals surface area contributed by atoms with Crippen molar-refractivity contribution in [2.24, 2.45) is 0 Å². The maximum Gasteiger partial charge on any atom is 0.324 e. The molecule has 2 atom stereocenters. The van der Waals surface area contributed by atoms with Gasteiger partial charge in [-0.3, -0.25) is 19.2 Å². The molecule has 0 aromatic heterocycles. The smallest absolute Gasteiger partial charge is 0.324 e. The number of aliphatic carboxylic acids is 1. The number of ketones is 2. The van der Waals surface area contributed by atoms with Crippen LogP contribution in [-0.2, 0) is 23.9 Å². The van der Waals surface area contributed by atoms with Gasteiger partial charge < -0.3 is 9.84 Å². The summed E-state index contributed by atoms with van der Waals surface area (Å²) >= 11 is 1.97. The van der Waals surface area contributed by atoms with Crippen molar-refractivity contribution in [2.75, 3.05) is 11.5 Å². The van der Waals surface area contributed by atoms with Crippen LogP contribution >= 0.6 is 23.5 Å². The summed E-state index contributed by atoms with van der Waals surface area (Å²) < 4.78 is 5.31. The number of esters is 1. The van der Waals surface area contributed by atoms with E-state index in [-0.39, 0.29) is 12.8 Å². The number of carbonyl (C=O) groups is 4. The average Bonchev–Trinajstić information content (AvgIpc) is 2.70. The first-order valence-electron chi connectivity index (χ1n) is 8.66. The highest BCUT2D eigenvalue weighted by atomic mass is 32.2. The van der Waals surface area contributed by atoms with Crippen LogP contribution in [0.2, 0.25) is 0 Å². The topological polar surface area (TPSA) is 97.7 Å². The molecular formula is C17H26O6S2. The monoisotopic (exact) mass is 390 g/mol. The minimum atomic E-state index is -2.01. The average molecular weight is 391 g/mol. The SMILES string of the molecule is CCCCSC(C(=O)O)C(=O)C1(SCCCC)OC(=O)CCCC1=O. The van der Waals surface area contributed by atoms with Gasteiger partial charge in [-0.05, 0) is 30.8 Å². The number of carbonyl (C=O) groups excluding carboxylic acids is 3. The molecule has 0 amide bonds. The maximum atomic E-state index is 13.0. The number of hydrogen-bond donors (Lipinski definition) is 1. The second-order valence-electron chi connectivity index (χ2n) is 5.88. The molecule has 0 aromatic rings. The third-order valence-electron chi connectivity index (χ3n) is 3.78. The quantitative estimate of drug-likeness (QED) is 0.326. The van der Waals surface area contributed by atoms with Gasteiger partial charge in [0.15, 0.2) is 11.0 Å². The Morgan fingerprint density at radius 1 is 1.16 bits per heavy atom. The van der Waals surface area contributed by atoms with Crippen molar-refractivity contribution in [3.05, 3.63) is 0 Å².